The molecular weight excluding hydrogens is 315 g/mol. The minimum absolute atomic E-state index is 0.0685. The predicted octanol–water partition coefficient (Wildman–Crippen LogP) is 4.28. The topological polar surface area (TPSA) is 55.8 Å². The van der Waals surface area contributed by atoms with Gasteiger partial charge < -0.3 is 14.6 Å². The number of rotatable bonds is 5. The van der Waals surface area contributed by atoms with E-state index in [1.807, 2.05) is 12.1 Å². The fraction of sp³-hybridized carbons (Fsp3) is 0.133. The maximum atomic E-state index is 11.2. The van der Waals surface area contributed by atoms with E-state index in [1.165, 1.54) is 12.1 Å². The highest BCUT2D eigenvalue weighted by atomic mass is 35.5. The molecule has 0 aromatic heterocycles. The van der Waals surface area contributed by atoms with Crippen LogP contribution in [0.2, 0.25) is 10.0 Å². The molecule has 2 rings (SSSR count). The van der Waals surface area contributed by atoms with E-state index in [0.29, 0.717) is 0 Å². The van der Waals surface area contributed by atoms with Crippen LogP contribution < -0.4 is 9.47 Å². The second-order valence-electron chi connectivity index (χ2n) is 4.21. The Balaban J connectivity index is 2.20. The zero-order valence-corrected chi connectivity index (χ0v) is 12.6. The molecule has 0 aliphatic heterocycles. The fourth-order valence-corrected chi connectivity index (χ4v) is 2.29. The molecule has 0 spiro atoms. The lowest BCUT2D eigenvalue weighted by molar-refractivity contribution is 0.0691. The number of carboxylic acid groups (broad SMARTS) is 1. The van der Waals surface area contributed by atoms with Crippen molar-refractivity contribution in [1.29, 1.82) is 0 Å². The average molecular weight is 327 g/mol. The van der Waals surface area contributed by atoms with E-state index in [4.69, 9.17) is 37.8 Å². The summed E-state index contributed by atoms with van der Waals surface area (Å²) in [4.78, 5) is 11.2. The van der Waals surface area contributed by atoms with Crippen molar-refractivity contribution in [3.8, 4) is 11.5 Å². The van der Waals surface area contributed by atoms with Crippen LogP contribution in [0.1, 0.15) is 15.9 Å². The summed E-state index contributed by atoms with van der Waals surface area (Å²) in [6.45, 7) is 0.186. The molecule has 4 nitrogen and oxygen atoms in total. The minimum Gasteiger partial charge on any atom is -0.497 e. The second-order valence-corrected chi connectivity index (χ2v) is 5.05. The molecule has 0 unspecified atom stereocenters. The van der Waals surface area contributed by atoms with E-state index < -0.39 is 5.97 Å². The Morgan fingerprint density at radius 2 is 1.86 bits per heavy atom. The number of benzene rings is 2. The normalized spacial score (nSPS) is 10.2. The molecule has 0 heterocycles. The lowest BCUT2D eigenvalue weighted by Gasteiger charge is -2.12. The molecule has 0 atom stereocenters. The van der Waals surface area contributed by atoms with Crippen molar-refractivity contribution in [1.82, 2.24) is 0 Å². The van der Waals surface area contributed by atoms with Gasteiger partial charge in [0.25, 0.3) is 0 Å². The van der Waals surface area contributed by atoms with Gasteiger partial charge in [-0.1, -0.05) is 35.3 Å². The molecule has 0 bridgehead atoms. The van der Waals surface area contributed by atoms with Crippen molar-refractivity contribution in [2.75, 3.05) is 7.11 Å². The predicted molar refractivity (Wildman–Crippen MR) is 80.7 cm³/mol. The van der Waals surface area contributed by atoms with Gasteiger partial charge in [-0.3, -0.25) is 0 Å². The van der Waals surface area contributed by atoms with Gasteiger partial charge in [0.1, 0.15) is 17.9 Å². The number of ether oxygens (including phenoxy) is 2. The third-order valence-corrected chi connectivity index (χ3v) is 3.28. The van der Waals surface area contributed by atoms with Crippen molar-refractivity contribution in [2.24, 2.45) is 0 Å². The SMILES string of the molecule is COc1ccc(COc2c(Cl)cc(Cl)cc2C(=O)O)cc1. The molecule has 2 aromatic carbocycles. The van der Waals surface area contributed by atoms with E-state index in [0.717, 1.165) is 11.3 Å². The molecule has 0 aliphatic rings. The van der Waals surface area contributed by atoms with Crippen molar-refractivity contribution < 1.29 is 19.4 Å². The van der Waals surface area contributed by atoms with E-state index in [2.05, 4.69) is 0 Å². The summed E-state index contributed by atoms with van der Waals surface area (Å²) in [6.07, 6.45) is 0. The molecule has 1 N–H and O–H groups in total. The van der Waals surface area contributed by atoms with Crippen LogP contribution in [0.3, 0.4) is 0 Å². The Kier molecular flexibility index (Phi) is 4.94. The zero-order valence-electron chi connectivity index (χ0n) is 11.1. The molecule has 110 valence electrons. The van der Waals surface area contributed by atoms with E-state index in [-0.39, 0.29) is 28.0 Å². The monoisotopic (exact) mass is 326 g/mol. The van der Waals surface area contributed by atoms with Gasteiger partial charge in [0.05, 0.1) is 12.1 Å². The highest BCUT2D eigenvalue weighted by Gasteiger charge is 2.16. The van der Waals surface area contributed by atoms with Crippen LogP contribution in [0.15, 0.2) is 36.4 Å². The molecule has 0 amide bonds. The van der Waals surface area contributed by atoms with Crippen molar-refractivity contribution in [3.05, 3.63) is 57.6 Å². The standard InChI is InChI=1S/C15H12Cl2O4/c1-20-11-4-2-9(3-5-11)8-21-14-12(15(18)19)6-10(16)7-13(14)17/h2-7H,8H2,1H3,(H,18,19). The van der Waals surface area contributed by atoms with E-state index in [1.54, 1.807) is 19.2 Å². The summed E-state index contributed by atoms with van der Waals surface area (Å²) in [5, 5.41) is 9.57. The second kappa shape index (κ2) is 6.70. The van der Waals surface area contributed by atoms with Gasteiger partial charge in [-0.05, 0) is 29.8 Å². The number of carboxylic acids is 1. The van der Waals surface area contributed by atoms with Crippen LogP contribution in [0.5, 0.6) is 11.5 Å². The van der Waals surface area contributed by atoms with Gasteiger partial charge in [0.15, 0.2) is 5.75 Å². The molecular formula is C15H12Cl2O4. The van der Waals surface area contributed by atoms with E-state index in [9.17, 15) is 4.79 Å². The molecule has 0 aliphatic carbocycles. The molecule has 2 aromatic rings. The third-order valence-electron chi connectivity index (χ3n) is 2.78. The first-order valence-electron chi connectivity index (χ1n) is 5.99. The van der Waals surface area contributed by atoms with Gasteiger partial charge in [0.2, 0.25) is 0 Å². The Labute approximate surface area is 131 Å². The van der Waals surface area contributed by atoms with Crippen LogP contribution in [-0.2, 0) is 6.61 Å². The van der Waals surface area contributed by atoms with Crippen LogP contribution in [0, 0.1) is 0 Å². The number of methoxy groups -OCH3 is 1. The lowest BCUT2D eigenvalue weighted by atomic mass is 10.2. The molecule has 6 heteroatoms. The van der Waals surface area contributed by atoms with Gasteiger partial charge in [-0.25, -0.2) is 4.79 Å². The Hall–Kier alpha value is -1.91. The molecule has 21 heavy (non-hydrogen) atoms. The van der Waals surface area contributed by atoms with Crippen LogP contribution in [0.25, 0.3) is 0 Å². The van der Waals surface area contributed by atoms with Crippen molar-refractivity contribution >= 4 is 29.2 Å². The fourth-order valence-electron chi connectivity index (χ4n) is 1.74. The maximum Gasteiger partial charge on any atom is 0.339 e. The van der Waals surface area contributed by atoms with Gasteiger partial charge in [0, 0.05) is 5.02 Å². The summed E-state index contributed by atoms with van der Waals surface area (Å²) in [5.41, 5.74) is 0.791. The smallest absolute Gasteiger partial charge is 0.339 e. The van der Waals surface area contributed by atoms with Crippen LogP contribution in [-0.4, -0.2) is 18.2 Å². The number of carbonyl (C=O) groups is 1. The number of halogens is 2. The zero-order chi connectivity index (χ0) is 15.4. The van der Waals surface area contributed by atoms with Crippen molar-refractivity contribution in [3.63, 3.8) is 0 Å². The van der Waals surface area contributed by atoms with Gasteiger partial charge >= 0.3 is 5.97 Å². The molecule has 0 radical (unpaired) electrons. The Morgan fingerprint density at radius 3 is 2.43 bits per heavy atom. The highest BCUT2D eigenvalue weighted by molar-refractivity contribution is 6.36. The van der Waals surface area contributed by atoms with E-state index >= 15 is 0 Å². The van der Waals surface area contributed by atoms with Crippen LogP contribution >= 0.6 is 23.2 Å². The molecule has 0 saturated heterocycles. The Morgan fingerprint density at radius 1 is 1.19 bits per heavy atom. The number of hydrogen-bond donors (Lipinski definition) is 1. The first-order valence-corrected chi connectivity index (χ1v) is 6.75. The number of aromatic carboxylic acids is 1. The van der Waals surface area contributed by atoms with Gasteiger partial charge in [-0.2, -0.15) is 0 Å². The van der Waals surface area contributed by atoms with Crippen LogP contribution in [0.4, 0.5) is 0 Å². The minimum atomic E-state index is -1.15. The highest BCUT2D eigenvalue weighted by Crippen LogP contribution is 2.33. The molecule has 0 saturated carbocycles. The quantitative estimate of drug-likeness (QED) is 0.890. The third kappa shape index (κ3) is 3.80. The largest absolute Gasteiger partial charge is 0.497 e. The summed E-state index contributed by atoms with van der Waals surface area (Å²) in [7, 11) is 1.58. The Bertz CT molecular complexity index is 653. The van der Waals surface area contributed by atoms with Gasteiger partial charge in [-0.15, -0.1) is 0 Å². The average Bonchev–Trinajstić information content (AvgIpc) is 2.46. The first kappa shape index (κ1) is 15.5. The summed E-state index contributed by atoms with van der Waals surface area (Å²) in [5.74, 6) is -0.317. The summed E-state index contributed by atoms with van der Waals surface area (Å²) >= 11 is 11.8. The van der Waals surface area contributed by atoms with Crippen molar-refractivity contribution in [2.45, 2.75) is 6.61 Å². The lowest BCUT2D eigenvalue weighted by Crippen LogP contribution is -2.04. The summed E-state index contributed by atoms with van der Waals surface area (Å²) < 4.78 is 10.6. The first-order chi connectivity index (χ1) is 10.0. The maximum absolute atomic E-state index is 11.2. The molecule has 0 fully saturated rings. The number of hydrogen-bond acceptors (Lipinski definition) is 3. The summed E-state index contributed by atoms with van der Waals surface area (Å²) in [6, 6.07) is 9.98.